The summed E-state index contributed by atoms with van der Waals surface area (Å²) in [5.74, 6) is 0.990. The third-order valence-electron chi connectivity index (χ3n) is 3.72. The summed E-state index contributed by atoms with van der Waals surface area (Å²) in [5, 5.41) is 0. The first kappa shape index (κ1) is 11.7. The van der Waals surface area contributed by atoms with E-state index < -0.39 is 0 Å². The van der Waals surface area contributed by atoms with Crippen molar-refractivity contribution in [3.63, 3.8) is 0 Å². The van der Waals surface area contributed by atoms with Gasteiger partial charge in [0.2, 0.25) is 5.91 Å². The highest BCUT2D eigenvalue weighted by Gasteiger charge is 2.30. The van der Waals surface area contributed by atoms with Crippen molar-refractivity contribution in [2.75, 3.05) is 19.7 Å². The quantitative estimate of drug-likeness (QED) is 0.818. The molecule has 96 valence electrons. The highest BCUT2D eigenvalue weighted by Crippen LogP contribution is 2.31. The van der Waals surface area contributed by atoms with E-state index in [1.54, 1.807) is 0 Å². The minimum atomic E-state index is 0.0383. The Hall–Kier alpha value is -1.35. The van der Waals surface area contributed by atoms with Gasteiger partial charge in [-0.05, 0) is 24.3 Å². The van der Waals surface area contributed by atoms with Crippen LogP contribution in [0, 0.1) is 5.92 Å². The zero-order valence-electron chi connectivity index (χ0n) is 10.5. The molecule has 1 atom stereocenters. The van der Waals surface area contributed by atoms with Crippen LogP contribution in [0.4, 0.5) is 0 Å². The monoisotopic (exact) mass is 245 g/mol. The Morgan fingerprint density at radius 1 is 1.22 bits per heavy atom. The van der Waals surface area contributed by atoms with Gasteiger partial charge in [0, 0.05) is 6.54 Å². The fourth-order valence-corrected chi connectivity index (χ4v) is 2.46. The summed E-state index contributed by atoms with van der Waals surface area (Å²) in [4.78, 5) is 14.0. The van der Waals surface area contributed by atoms with Crippen LogP contribution in [-0.4, -0.2) is 30.5 Å². The molecule has 18 heavy (non-hydrogen) atoms. The number of nitrogens with zero attached hydrogens (tertiary/aromatic N) is 1. The summed E-state index contributed by atoms with van der Waals surface area (Å²) in [6.45, 7) is 2.17. The van der Waals surface area contributed by atoms with E-state index in [1.165, 1.54) is 18.4 Å². The molecule has 0 radical (unpaired) electrons. The van der Waals surface area contributed by atoms with Gasteiger partial charge in [-0.1, -0.05) is 30.3 Å². The molecule has 1 amide bonds. The van der Waals surface area contributed by atoms with Crippen molar-refractivity contribution >= 4 is 5.91 Å². The predicted molar refractivity (Wildman–Crippen MR) is 69.1 cm³/mol. The highest BCUT2D eigenvalue weighted by molar-refractivity contribution is 5.76. The number of rotatable bonds is 3. The van der Waals surface area contributed by atoms with Crippen molar-refractivity contribution in [3.8, 4) is 0 Å². The van der Waals surface area contributed by atoms with Gasteiger partial charge in [0.1, 0.15) is 6.10 Å². The molecule has 1 saturated carbocycles. The molecule has 1 aromatic rings. The molecule has 0 unspecified atom stereocenters. The van der Waals surface area contributed by atoms with Crippen LogP contribution in [0.3, 0.4) is 0 Å². The standard InChI is InChI=1S/C15H19NO2/c17-15-8-9-18-14(13-4-2-1-3-5-13)11-16(15)10-12-6-7-12/h1-5,12,14H,6-11H2/t14-/m1/s1. The second-order valence-electron chi connectivity index (χ2n) is 5.26. The van der Waals surface area contributed by atoms with E-state index in [-0.39, 0.29) is 12.0 Å². The summed E-state index contributed by atoms with van der Waals surface area (Å²) in [5.41, 5.74) is 1.17. The average Bonchev–Trinajstić information content (AvgIpc) is 3.21. The van der Waals surface area contributed by atoms with Crippen molar-refractivity contribution in [2.45, 2.75) is 25.4 Å². The van der Waals surface area contributed by atoms with E-state index in [0.29, 0.717) is 19.6 Å². The molecule has 1 aliphatic heterocycles. The van der Waals surface area contributed by atoms with Gasteiger partial charge in [0.15, 0.2) is 0 Å². The molecule has 3 rings (SSSR count). The van der Waals surface area contributed by atoms with Crippen molar-refractivity contribution in [2.24, 2.45) is 5.92 Å². The molecule has 0 spiro atoms. The molecule has 3 nitrogen and oxygen atoms in total. The molecule has 1 aromatic carbocycles. The van der Waals surface area contributed by atoms with Gasteiger partial charge < -0.3 is 9.64 Å². The van der Waals surface area contributed by atoms with Crippen molar-refractivity contribution in [1.29, 1.82) is 0 Å². The maximum absolute atomic E-state index is 12.0. The van der Waals surface area contributed by atoms with Crippen LogP contribution in [0.2, 0.25) is 0 Å². The van der Waals surface area contributed by atoms with Gasteiger partial charge in [0.05, 0.1) is 19.6 Å². The molecule has 0 N–H and O–H groups in total. The fraction of sp³-hybridized carbons (Fsp3) is 0.533. The Balaban J connectivity index is 1.72. The summed E-state index contributed by atoms with van der Waals surface area (Å²) < 4.78 is 5.83. The van der Waals surface area contributed by atoms with Crippen LogP contribution >= 0.6 is 0 Å². The first-order valence-corrected chi connectivity index (χ1v) is 6.77. The number of hydrogen-bond donors (Lipinski definition) is 0. The van der Waals surface area contributed by atoms with Gasteiger partial charge in [-0.2, -0.15) is 0 Å². The fourth-order valence-electron chi connectivity index (χ4n) is 2.46. The number of carbonyl (C=O) groups is 1. The lowest BCUT2D eigenvalue weighted by molar-refractivity contribution is -0.130. The van der Waals surface area contributed by atoms with E-state index in [9.17, 15) is 4.79 Å². The average molecular weight is 245 g/mol. The smallest absolute Gasteiger partial charge is 0.224 e. The summed E-state index contributed by atoms with van der Waals surface area (Å²) >= 11 is 0. The van der Waals surface area contributed by atoms with E-state index in [0.717, 1.165) is 12.5 Å². The maximum atomic E-state index is 12.0. The van der Waals surface area contributed by atoms with Crippen LogP contribution in [0.25, 0.3) is 0 Å². The molecular formula is C15H19NO2. The number of ether oxygens (including phenoxy) is 1. The zero-order valence-corrected chi connectivity index (χ0v) is 10.5. The number of hydrogen-bond acceptors (Lipinski definition) is 2. The topological polar surface area (TPSA) is 29.5 Å². The van der Waals surface area contributed by atoms with Gasteiger partial charge in [0.25, 0.3) is 0 Å². The van der Waals surface area contributed by atoms with Gasteiger partial charge in [-0.3, -0.25) is 4.79 Å². The first-order chi connectivity index (χ1) is 8.83. The first-order valence-electron chi connectivity index (χ1n) is 6.77. The van der Waals surface area contributed by atoms with Crippen molar-refractivity contribution < 1.29 is 9.53 Å². The number of amides is 1. The van der Waals surface area contributed by atoms with Crippen LogP contribution in [0.15, 0.2) is 30.3 Å². The van der Waals surface area contributed by atoms with Gasteiger partial charge in [-0.15, -0.1) is 0 Å². The molecular weight excluding hydrogens is 226 g/mol. The van der Waals surface area contributed by atoms with Gasteiger partial charge in [-0.25, -0.2) is 0 Å². The maximum Gasteiger partial charge on any atom is 0.224 e. The largest absolute Gasteiger partial charge is 0.371 e. The number of benzene rings is 1. The van der Waals surface area contributed by atoms with Gasteiger partial charge >= 0.3 is 0 Å². The SMILES string of the molecule is O=C1CCO[C@@H](c2ccccc2)CN1CC1CC1. The summed E-state index contributed by atoms with van der Waals surface area (Å²) in [6.07, 6.45) is 3.12. The minimum Gasteiger partial charge on any atom is -0.371 e. The lowest BCUT2D eigenvalue weighted by atomic mass is 10.1. The second kappa shape index (κ2) is 5.11. The molecule has 1 aliphatic carbocycles. The molecule has 2 aliphatic rings. The van der Waals surface area contributed by atoms with Crippen molar-refractivity contribution in [1.82, 2.24) is 4.90 Å². The summed E-state index contributed by atoms with van der Waals surface area (Å²) in [7, 11) is 0. The number of carbonyl (C=O) groups excluding carboxylic acids is 1. The molecule has 2 fully saturated rings. The van der Waals surface area contributed by atoms with Crippen LogP contribution in [0.1, 0.15) is 30.9 Å². The Labute approximate surface area is 108 Å². The molecule has 1 saturated heterocycles. The Morgan fingerprint density at radius 3 is 2.72 bits per heavy atom. The van der Waals surface area contributed by atoms with E-state index in [2.05, 4.69) is 12.1 Å². The van der Waals surface area contributed by atoms with E-state index >= 15 is 0 Å². The lowest BCUT2D eigenvalue weighted by Gasteiger charge is -2.24. The lowest BCUT2D eigenvalue weighted by Crippen LogP contribution is -2.34. The third kappa shape index (κ3) is 2.72. The van der Waals surface area contributed by atoms with Crippen molar-refractivity contribution in [3.05, 3.63) is 35.9 Å². The zero-order chi connectivity index (χ0) is 12.4. The molecule has 0 aromatic heterocycles. The molecule has 1 heterocycles. The Kier molecular flexibility index (Phi) is 3.33. The molecule has 3 heteroatoms. The van der Waals surface area contributed by atoms with E-state index in [1.807, 2.05) is 23.1 Å². The summed E-state index contributed by atoms with van der Waals surface area (Å²) in [6, 6.07) is 10.2. The second-order valence-corrected chi connectivity index (χ2v) is 5.26. The Bertz CT molecular complexity index is 414. The Morgan fingerprint density at radius 2 is 2.00 bits per heavy atom. The third-order valence-corrected chi connectivity index (χ3v) is 3.72. The van der Waals surface area contributed by atoms with Crippen LogP contribution < -0.4 is 0 Å². The highest BCUT2D eigenvalue weighted by atomic mass is 16.5. The van der Waals surface area contributed by atoms with Crippen LogP contribution in [-0.2, 0) is 9.53 Å². The van der Waals surface area contributed by atoms with E-state index in [4.69, 9.17) is 4.74 Å². The van der Waals surface area contributed by atoms with Crippen LogP contribution in [0.5, 0.6) is 0 Å². The normalized spacial score (nSPS) is 25.0. The predicted octanol–water partition coefficient (Wildman–Crippen LogP) is 2.39. The molecule has 0 bridgehead atoms. The minimum absolute atomic E-state index is 0.0383.